The molecular formula is C10H18O5. The maximum Gasteiger partial charge on any atom is 0.340 e. The number of hydrogen-bond donors (Lipinski definition) is 2. The van der Waals surface area contributed by atoms with E-state index in [1.54, 1.807) is 0 Å². The van der Waals surface area contributed by atoms with Crippen molar-refractivity contribution in [2.45, 2.75) is 45.3 Å². The van der Waals surface area contributed by atoms with Gasteiger partial charge in [-0.25, -0.2) is 4.79 Å². The van der Waals surface area contributed by atoms with Crippen molar-refractivity contribution in [3.63, 3.8) is 0 Å². The summed E-state index contributed by atoms with van der Waals surface area (Å²) in [6, 6.07) is 0. The smallest absolute Gasteiger partial charge is 0.340 e. The van der Waals surface area contributed by atoms with Gasteiger partial charge in [-0.3, -0.25) is 4.79 Å². The van der Waals surface area contributed by atoms with E-state index in [0.717, 1.165) is 6.42 Å². The molecule has 0 heterocycles. The lowest BCUT2D eigenvalue weighted by Gasteiger charge is -2.13. The van der Waals surface area contributed by atoms with Gasteiger partial charge in [-0.05, 0) is 13.3 Å². The maximum atomic E-state index is 11.3. The number of aliphatic hydroxyl groups is 1. The van der Waals surface area contributed by atoms with Crippen molar-refractivity contribution in [3.8, 4) is 0 Å². The third-order valence-corrected chi connectivity index (χ3v) is 1.80. The summed E-state index contributed by atoms with van der Waals surface area (Å²) in [5.41, 5.74) is 0. The van der Waals surface area contributed by atoms with Crippen LogP contribution in [0.5, 0.6) is 0 Å². The van der Waals surface area contributed by atoms with E-state index in [9.17, 15) is 9.59 Å². The number of aliphatic carboxylic acids is 1. The van der Waals surface area contributed by atoms with Crippen LogP contribution in [-0.4, -0.2) is 40.8 Å². The number of carbonyl (C=O) groups excluding carboxylic acids is 1. The van der Waals surface area contributed by atoms with Crippen LogP contribution in [-0.2, 0) is 14.3 Å². The molecule has 0 aliphatic rings. The lowest BCUT2D eigenvalue weighted by atomic mass is 10.1. The third kappa shape index (κ3) is 6.19. The first-order valence-corrected chi connectivity index (χ1v) is 5.04. The molecule has 0 aliphatic carbocycles. The number of Topliss-reactive ketones (excluding diaryl/α,β-unsaturated/α-hetero) is 1. The molecule has 88 valence electrons. The Bertz CT molecular complexity index is 212. The molecule has 2 atom stereocenters. The van der Waals surface area contributed by atoms with E-state index >= 15 is 0 Å². The Morgan fingerprint density at radius 3 is 2.40 bits per heavy atom. The van der Waals surface area contributed by atoms with Crippen molar-refractivity contribution in [1.82, 2.24) is 0 Å². The zero-order valence-electron chi connectivity index (χ0n) is 9.10. The molecule has 0 rings (SSSR count). The molecule has 0 saturated heterocycles. The molecule has 5 heteroatoms. The molecule has 0 aromatic carbocycles. The number of carbonyl (C=O) groups is 2. The van der Waals surface area contributed by atoms with Crippen molar-refractivity contribution >= 4 is 11.8 Å². The van der Waals surface area contributed by atoms with Gasteiger partial charge >= 0.3 is 5.97 Å². The number of ketones is 1. The second kappa shape index (κ2) is 7.36. The number of carboxylic acids is 1. The highest BCUT2D eigenvalue weighted by Gasteiger charge is 2.27. The lowest BCUT2D eigenvalue weighted by Crippen LogP contribution is -2.34. The molecule has 0 radical (unpaired) electrons. The van der Waals surface area contributed by atoms with Gasteiger partial charge < -0.3 is 14.9 Å². The van der Waals surface area contributed by atoms with Gasteiger partial charge in [0.2, 0.25) is 6.10 Å². The topological polar surface area (TPSA) is 83.8 Å². The van der Waals surface area contributed by atoms with Crippen LogP contribution in [0.1, 0.15) is 33.1 Å². The summed E-state index contributed by atoms with van der Waals surface area (Å²) >= 11 is 0. The summed E-state index contributed by atoms with van der Waals surface area (Å²) in [6.07, 6.45) is -0.883. The number of carboxylic acid groups (broad SMARTS) is 1. The van der Waals surface area contributed by atoms with E-state index in [0.29, 0.717) is 6.42 Å². The molecule has 0 aromatic rings. The van der Waals surface area contributed by atoms with Crippen molar-refractivity contribution in [2.24, 2.45) is 0 Å². The number of hydrogen-bond acceptors (Lipinski definition) is 4. The van der Waals surface area contributed by atoms with Gasteiger partial charge in [0.25, 0.3) is 0 Å². The van der Waals surface area contributed by atoms with E-state index in [-0.39, 0.29) is 13.0 Å². The summed E-state index contributed by atoms with van der Waals surface area (Å²) in [4.78, 5) is 22.0. The predicted octanol–water partition coefficient (Wildman–Crippen LogP) is 0.596. The predicted molar refractivity (Wildman–Crippen MR) is 53.6 cm³/mol. The maximum absolute atomic E-state index is 11.3. The third-order valence-electron chi connectivity index (χ3n) is 1.80. The number of ether oxygens (including phenoxy) is 1. The zero-order valence-corrected chi connectivity index (χ0v) is 9.10. The Kier molecular flexibility index (Phi) is 6.90. The van der Waals surface area contributed by atoms with Gasteiger partial charge in [-0.2, -0.15) is 0 Å². The van der Waals surface area contributed by atoms with E-state index in [2.05, 4.69) is 0 Å². The van der Waals surface area contributed by atoms with E-state index in [1.165, 1.54) is 6.92 Å². The summed E-state index contributed by atoms with van der Waals surface area (Å²) in [7, 11) is 0. The van der Waals surface area contributed by atoms with E-state index in [1.807, 2.05) is 6.92 Å². The Hall–Kier alpha value is -0.940. The minimum absolute atomic E-state index is 0.191. The van der Waals surface area contributed by atoms with Crippen LogP contribution in [0, 0.1) is 0 Å². The van der Waals surface area contributed by atoms with Crippen LogP contribution in [0.25, 0.3) is 0 Å². The zero-order chi connectivity index (χ0) is 11.8. The van der Waals surface area contributed by atoms with Crippen LogP contribution in [0.15, 0.2) is 0 Å². The average Bonchev–Trinajstić information content (AvgIpc) is 2.10. The molecule has 15 heavy (non-hydrogen) atoms. The molecule has 0 amide bonds. The molecule has 0 spiro atoms. The number of rotatable bonds is 8. The van der Waals surface area contributed by atoms with Crippen LogP contribution in [0.2, 0.25) is 0 Å². The normalized spacial score (nSPS) is 14.6. The monoisotopic (exact) mass is 218 g/mol. The van der Waals surface area contributed by atoms with Crippen molar-refractivity contribution in [2.75, 3.05) is 6.61 Å². The first-order valence-electron chi connectivity index (χ1n) is 5.04. The molecule has 0 aliphatic heterocycles. The summed E-state index contributed by atoms with van der Waals surface area (Å²) in [5, 5.41) is 17.7. The summed E-state index contributed by atoms with van der Waals surface area (Å²) < 4.78 is 4.95. The van der Waals surface area contributed by atoms with Gasteiger partial charge in [0.05, 0.1) is 6.10 Å². The Labute approximate surface area is 89.0 Å². The van der Waals surface area contributed by atoms with Crippen LogP contribution in [0.4, 0.5) is 0 Å². The fourth-order valence-electron chi connectivity index (χ4n) is 1.05. The van der Waals surface area contributed by atoms with E-state index in [4.69, 9.17) is 14.9 Å². The van der Waals surface area contributed by atoms with Gasteiger partial charge in [0, 0.05) is 13.0 Å². The molecule has 5 nitrogen and oxygen atoms in total. The largest absolute Gasteiger partial charge is 0.479 e. The fraction of sp³-hybridized carbons (Fsp3) is 0.800. The van der Waals surface area contributed by atoms with Crippen LogP contribution < -0.4 is 0 Å². The number of unbranched alkanes of at least 4 members (excludes halogenated alkanes) is 1. The molecular weight excluding hydrogens is 200 g/mol. The molecule has 2 N–H and O–H groups in total. The minimum atomic E-state index is -1.44. The second-order valence-corrected chi connectivity index (χ2v) is 3.46. The molecule has 2 unspecified atom stereocenters. The van der Waals surface area contributed by atoms with Gasteiger partial charge in [-0.1, -0.05) is 13.3 Å². The van der Waals surface area contributed by atoms with Gasteiger partial charge in [0.1, 0.15) is 0 Å². The SMILES string of the molecule is CCCCOC(C(=O)O)C(=O)CC(C)O. The van der Waals surface area contributed by atoms with Gasteiger partial charge in [-0.15, -0.1) is 0 Å². The first kappa shape index (κ1) is 14.1. The molecule has 0 aromatic heterocycles. The lowest BCUT2D eigenvalue weighted by molar-refractivity contribution is -0.157. The quantitative estimate of drug-likeness (QED) is 0.460. The van der Waals surface area contributed by atoms with Gasteiger partial charge in [0.15, 0.2) is 5.78 Å². The molecule has 0 fully saturated rings. The number of aliphatic hydroxyl groups excluding tert-OH is 1. The highest BCUT2D eigenvalue weighted by molar-refractivity contribution is 6.01. The molecule has 0 bridgehead atoms. The highest BCUT2D eigenvalue weighted by atomic mass is 16.5. The van der Waals surface area contributed by atoms with Crippen LogP contribution in [0.3, 0.4) is 0 Å². The Morgan fingerprint density at radius 2 is 2.00 bits per heavy atom. The Morgan fingerprint density at radius 1 is 1.40 bits per heavy atom. The molecule has 0 saturated carbocycles. The first-order chi connectivity index (χ1) is 6.99. The van der Waals surface area contributed by atoms with Crippen molar-refractivity contribution in [1.29, 1.82) is 0 Å². The minimum Gasteiger partial charge on any atom is -0.479 e. The fourth-order valence-corrected chi connectivity index (χ4v) is 1.05. The Balaban J connectivity index is 4.14. The standard InChI is InChI=1S/C10H18O5/c1-3-4-5-15-9(10(13)14)8(12)6-7(2)11/h7,9,11H,3-6H2,1-2H3,(H,13,14). The van der Waals surface area contributed by atoms with Crippen molar-refractivity contribution < 1.29 is 24.5 Å². The van der Waals surface area contributed by atoms with Crippen molar-refractivity contribution in [3.05, 3.63) is 0 Å². The highest BCUT2D eigenvalue weighted by Crippen LogP contribution is 2.03. The van der Waals surface area contributed by atoms with Crippen LogP contribution >= 0.6 is 0 Å². The average molecular weight is 218 g/mol. The summed E-state index contributed by atoms with van der Waals surface area (Å²) in [5.74, 6) is -1.88. The second-order valence-electron chi connectivity index (χ2n) is 3.46. The van der Waals surface area contributed by atoms with E-state index < -0.39 is 24.0 Å². The summed E-state index contributed by atoms with van der Waals surface area (Å²) in [6.45, 7) is 3.62.